The zero-order chi connectivity index (χ0) is 25.4. The van der Waals surface area contributed by atoms with Gasteiger partial charge in [-0.15, -0.1) is 0 Å². The first kappa shape index (κ1) is 22.8. The summed E-state index contributed by atoms with van der Waals surface area (Å²) in [5, 5.41) is 43.8. The van der Waals surface area contributed by atoms with Gasteiger partial charge in [0.05, 0.1) is 12.1 Å². The molecule has 3 atom stereocenters. The van der Waals surface area contributed by atoms with Gasteiger partial charge in [-0.25, -0.2) is 0 Å². The van der Waals surface area contributed by atoms with Gasteiger partial charge in [0.25, 0.3) is 5.91 Å². The number of aliphatic hydroxyl groups is 3. The van der Waals surface area contributed by atoms with Crippen molar-refractivity contribution in [1.29, 1.82) is 0 Å². The number of imide groups is 1. The predicted octanol–water partition coefficient (Wildman–Crippen LogP) is 0.0729. The number of carbonyl (C=O) groups excluding carboxylic acids is 5. The quantitative estimate of drug-likeness (QED) is 0.292. The summed E-state index contributed by atoms with van der Waals surface area (Å²) in [6.07, 6.45) is -0.0127. The molecule has 0 aromatic heterocycles. The highest BCUT2D eigenvalue weighted by Crippen LogP contribution is 2.52. The first-order valence-corrected chi connectivity index (χ1v) is 11.1. The highest BCUT2D eigenvalue weighted by atomic mass is 16.3. The number of rotatable bonds is 3. The molecular weight excluding hydrogens is 460 g/mol. The lowest BCUT2D eigenvalue weighted by Crippen LogP contribution is -2.58. The van der Waals surface area contributed by atoms with E-state index in [4.69, 9.17) is 5.73 Å². The van der Waals surface area contributed by atoms with Crippen LogP contribution in [0.5, 0.6) is 5.75 Å². The van der Waals surface area contributed by atoms with Crippen LogP contribution >= 0.6 is 0 Å². The number of aliphatic hydroxyl groups excluding tert-OH is 2. The number of nitrogens with zero attached hydrogens (tertiary/aromatic N) is 1. The number of phenolic OH excluding ortho intramolecular Hbond substituents is 1. The van der Waals surface area contributed by atoms with Crippen molar-refractivity contribution in [2.24, 2.45) is 17.6 Å². The summed E-state index contributed by atoms with van der Waals surface area (Å²) in [4.78, 5) is 62.5. The Morgan fingerprint density at radius 3 is 2.34 bits per heavy atom. The zero-order valence-electron chi connectivity index (χ0n) is 18.4. The van der Waals surface area contributed by atoms with Gasteiger partial charge in [0, 0.05) is 36.3 Å². The van der Waals surface area contributed by atoms with Crippen LogP contribution in [0.25, 0.3) is 5.76 Å². The first-order valence-electron chi connectivity index (χ1n) is 11.1. The summed E-state index contributed by atoms with van der Waals surface area (Å²) in [5.41, 5.74) is 2.05. The number of hydrogen-bond donors (Lipinski definition) is 5. The standard InChI is InChI=1S/C24H22N2O9/c25-23(34)18-13(27)7-12-6-11-5-9-1-2-10(8-26-14(28)3-4-15(26)29)19(30)16(9)20(31)17(11)21(32)24(12,35)22(18)33/h1-2,11-12,30-31,33,35H,3-8H2,(H2,25,34)/t11?,12?,24-/m0/s1. The van der Waals surface area contributed by atoms with Gasteiger partial charge in [-0.2, -0.15) is 0 Å². The number of primary amides is 1. The van der Waals surface area contributed by atoms with Gasteiger partial charge in [-0.05, 0) is 24.3 Å². The Morgan fingerprint density at radius 2 is 1.71 bits per heavy atom. The predicted molar refractivity (Wildman–Crippen MR) is 116 cm³/mol. The van der Waals surface area contributed by atoms with Crippen LogP contribution in [0.15, 0.2) is 29.0 Å². The largest absolute Gasteiger partial charge is 0.508 e. The Morgan fingerprint density at radius 1 is 1.06 bits per heavy atom. The van der Waals surface area contributed by atoms with Crippen LogP contribution in [0.3, 0.4) is 0 Å². The van der Waals surface area contributed by atoms with Crippen molar-refractivity contribution in [2.45, 2.75) is 44.2 Å². The molecule has 3 amide bonds. The number of phenols is 1. The smallest absolute Gasteiger partial charge is 0.255 e. The molecule has 11 nitrogen and oxygen atoms in total. The molecule has 5 rings (SSSR count). The molecule has 1 saturated carbocycles. The number of hydrogen-bond acceptors (Lipinski definition) is 9. The summed E-state index contributed by atoms with van der Waals surface area (Å²) < 4.78 is 0. The van der Waals surface area contributed by atoms with Crippen LogP contribution < -0.4 is 5.73 Å². The Bertz CT molecular complexity index is 1310. The number of fused-ring (bicyclic) bond motifs is 3. The topological polar surface area (TPSA) is 196 Å². The van der Waals surface area contributed by atoms with Crippen LogP contribution in [0.4, 0.5) is 0 Å². The molecule has 1 saturated heterocycles. The minimum atomic E-state index is -2.63. The normalized spacial score (nSPS) is 28.3. The summed E-state index contributed by atoms with van der Waals surface area (Å²) in [7, 11) is 0. The van der Waals surface area contributed by atoms with Gasteiger partial charge in [-0.3, -0.25) is 28.9 Å². The third-order valence-electron chi connectivity index (χ3n) is 7.50. The van der Waals surface area contributed by atoms with Crippen LogP contribution in [0, 0.1) is 11.8 Å². The summed E-state index contributed by atoms with van der Waals surface area (Å²) >= 11 is 0. The molecule has 1 aliphatic heterocycles. The fourth-order valence-electron chi connectivity index (χ4n) is 5.74. The van der Waals surface area contributed by atoms with Gasteiger partial charge in [0.1, 0.15) is 22.8 Å². The van der Waals surface area contributed by atoms with Gasteiger partial charge in [0.2, 0.25) is 17.6 Å². The van der Waals surface area contributed by atoms with Gasteiger partial charge in [0.15, 0.2) is 11.4 Å². The average molecular weight is 482 g/mol. The second-order valence-corrected chi connectivity index (χ2v) is 9.39. The van der Waals surface area contributed by atoms with Gasteiger partial charge in [-0.1, -0.05) is 12.1 Å². The summed E-state index contributed by atoms with van der Waals surface area (Å²) in [5.74, 6) is -7.74. The van der Waals surface area contributed by atoms with Crippen molar-refractivity contribution >= 4 is 35.0 Å². The number of benzene rings is 1. The Balaban J connectivity index is 1.60. The Labute approximate surface area is 198 Å². The van der Waals surface area contributed by atoms with E-state index in [1.54, 1.807) is 6.07 Å². The second kappa shape index (κ2) is 7.51. The van der Waals surface area contributed by atoms with Gasteiger partial charge < -0.3 is 26.2 Å². The van der Waals surface area contributed by atoms with E-state index in [0.717, 1.165) is 4.90 Å². The van der Waals surface area contributed by atoms with Gasteiger partial charge >= 0.3 is 0 Å². The molecule has 1 heterocycles. The second-order valence-electron chi connectivity index (χ2n) is 9.39. The van der Waals surface area contributed by atoms with E-state index in [9.17, 15) is 44.4 Å². The molecular formula is C24H22N2O9. The van der Waals surface area contributed by atoms with E-state index >= 15 is 0 Å². The van der Waals surface area contributed by atoms with Crippen molar-refractivity contribution in [2.75, 3.05) is 0 Å². The fourth-order valence-corrected chi connectivity index (χ4v) is 5.74. The monoisotopic (exact) mass is 482 g/mol. The molecule has 4 aliphatic rings. The Kier molecular flexibility index (Phi) is 4.89. The molecule has 6 N–H and O–H groups in total. The van der Waals surface area contributed by atoms with Crippen molar-refractivity contribution < 1.29 is 44.4 Å². The highest BCUT2D eigenvalue weighted by molar-refractivity contribution is 6.22. The lowest BCUT2D eigenvalue weighted by atomic mass is 9.59. The third-order valence-corrected chi connectivity index (χ3v) is 7.50. The van der Waals surface area contributed by atoms with Crippen molar-refractivity contribution in [3.8, 4) is 5.75 Å². The molecule has 2 fully saturated rings. The summed E-state index contributed by atoms with van der Waals surface area (Å²) in [6, 6.07) is 3.15. The minimum absolute atomic E-state index is 0.0439. The molecule has 11 heteroatoms. The third kappa shape index (κ3) is 3.04. The van der Waals surface area contributed by atoms with E-state index in [2.05, 4.69) is 0 Å². The number of amides is 3. The number of Topliss-reactive ketones (excluding diaryl/α,β-unsaturated/α-hetero) is 2. The van der Waals surface area contributed by atoms with Crippen LogP contribution in [-0.4, -0.2) is 60.2 Å². The molecule has 1 aromatic carbocycles. The van der Waals surface area contributed by atoms with E-state index in [-0.39, 0.29) is 67.2 Å². The molecule has 35 heavy (non-hydrogen) atoms. The molecule has 2 unspecified atom stereocenters. The molecule has 3 aliphatic carbocycles. The van der Waals surface area contributed by atoms with Crippen molar-refractivity contribution in [3.63, 3.8) is 0 Å². The summed E-state index contributed by atoms with van der Waals surface area (Å²) in [6.45, 7) is -0.212. The highest BCUT2D eigenvalue weighted by Gasteiger charge is 2.60. The van der Waals surface area contributed by atoms with E-state index in [0.29, 0.717) is 5.56 Å². The van der Waals surface area contributed by atoms with Crippen molar-refractivity contribution in [1.82, 2.24) is 4.90 Å². The van der Waals surface area contributed by atoms with Crippen molar-refractivity contribution in [3.05, 3.63) is 45.7 Å². The number of nitrogens with two attached hydrogens (primary N) is 1. The molecule has 0 radical (unpaired) electrons. The maximum Gasteiger partial charge on any atom is 0.255 e. The van der Waals surface area contributed by atoms with Crippen LogP contribution in [0.2, 0.25) is 0 Å². The average Bonchev–Trinajstić information content (AvgIpc) is 3.09. The fraction of sp³-hybridized carbons (Fsp3) is 0.375. The number of likely N-dealkylation sites (tertiary alicyclic amines) is 1. The van der Waals surface area contributed by atoms with E-state index < -0.39 is 57.8 Å². The number of carbonyl (C=O) groups is 5. The number of aromatic hydroxyl groups is 1. The van der Waals surface area contributed by atoms with E-state index in [1.807, 2.05) is 0 Å². The molecule has 182 valence electrons. The molecule has 0 spiro atoms. The minimum Gasteiger partial charge on any atom is -0.508 e. The molecule has 1 aromatic rings. The van der Waals surface area contributed by atoms with E-state index in [1.165, 1.54) is 6.07 Å². The van der Waals surface area contributed by atoms with Crippen LogP contribution in [0.1, 0.15) is 42.4 Å². The Hall–Kier alpha value is -3.99. The zero-order valence-corrected chi connectivity index (χ0v) is 18.4. The number of ketones is 2. The SMILES string of the molecule is NC(=O)C1=C(O)[C@@]2(O)C(=O)C3=C(O)c4c(ccc(CN5C(=O)CCC5=O)c4O)CC3CC2CC1=O. The lowest BCUT2D eigenvalue weighted by Gasteiger charge is -2.46. The lowest BCUT2D eigenvalue weighted by molar-refractivity contribution is -0.147. The molecule has 0 bridgehead atoms. The maximum absolute atomic E-state index is 13.5. The maximum atomic E-state index is 13.5. The first-order chi connectivity index (χ1) is 16.5. The van der Waals surface area contributed by atoms with Crippen LogP contribution in [-0.2, 0) is 36.9 Å².